The maximum absolute atomic E-state index is 5.98. The van der Waals surface area contributed by atoms with E-state index in [2.05, 4.69) is 16.4 Å². The van der Waals surface area contributed by atoms with Gasteiger partial charge in [-0.25, -0.2) is 0 Å². The van der Waals surface area contributed by atoms with Crippen LogP contribution in [0.15, 0.2) is 60.9 Å². The molecule has 3 aromatic rings. The van der Waals surface area contributed by atoms with Crippen molar-refractivity contribution in [2.75, 3.05) is 11.1 Å². The lowest BCUT2D eigenvalue weighted by Crippen LogP contribution is -1.94. The number of hydrogen-bond donors (Lipinski definition) is 2. The van der Waals surface area contributed by atoms with E-state index in [0.717, 1.165) is 27.8 Å². The van der Waals surface area contributed by atoms with Gasteiger partial charge in [-0.1, -0.05) is 24.3 Å². The minimum absolute atomic E-state index is 0.797. The van der Waals surface area contributed by atoms with Gasteiger partial charge in [-0.15, -0.1) is 0 Å². The highest BCUT2D eigenvalue weighted by molar-refractivity contribution is 6.02. The van der Waals surface area contributed by atoms with Crippen LogP contribution in [0.25, 0.3) is 10.8 Å². The Morgan fingerprint density at radius 2 is 1.56 bits per heavy atom. The molecule has 0 unspecified atom stereocenters. The molecule has 3 nitrogen and oxygen atoms in total. The van der Waals surface area contributed by atoms with Crippen molar-refractivity contribution >= 4 is 27.8 Å². The molecule has 0 aliphatic heterocycles. The molecule has 3 N–H and O–H groups in total. The molecule has 3 rings (SSSR count). The maximum Gasteiger partial charge on any atom is 0.0465 e. The van der Waals surface area contributed by atoms with Crippen molar-refractivity contribution in [2.45, 2.75) is 0 Å². The van der Waals surface area contributed by atoms with E-state index in [1.165, 1.54) is 0 Å². The zero-order valence-electron chi connectivity index (χ0n) is 9.80. The molecule has 0 aliphatic carbocycles. The summed E-state index contributed by atoms with van der Waals surface area (Å²) >= 11 is 0. The Labute approximate surface area is 105 Å². The number of fused-ring (bicyclic) bond motifs is 1. The Bertz CT molecular complexity index is 678. The monoisotopic (exact) mass is 235 g/mol. The zero-order valence-corrected chi connectivity index (χ0v) is 9.80. The summed E-state index contributed by atoms with van der Waals surface area (Å²) in [5.74, 6) is 0. The minimum atomic E-state index is 0.797. The highest BCUT2D eigenvalue weighted by atomic mass is 14.9. The zero-order chi connectivity index (χ0) is 12.4. The van der Waals surface area contributed by atoms with E-state index in [4.69, 9.17) is 5.73 Å². The number of rotatable bonds is 2. The predicted octanol–water partition coefficient (Wildman–Crippen LogP) is 3.56. The van der Waals surface area contributed by atoms with Gasteiger partial charge in [0.25, 0.3) is 0 Å². The first-order chi connectivity index (χ1) is 8.84. The molecule has 88 valence electrons. The van der Waals surface area contributed by atoms with Crippen molar-refractivity contribution in [3.05, 3.63) is 60.9 Å². The molecule has 0 atom stereocenters. The maximum atomic E-state index is 5.98. The summed E-state index contributed by atoms with van der Waals surface area (Å²) in [7, 11) is 0. The first kappa shape index (κ1) is 10.6. The van der Waals surface area contributed by atoms with Crippen LogP contribution in [0, 0.1) is 0 Å². The third-order valence-corrected chi connectivity index (χ3v) is 2.92. The van der Waals surface area contributed by atoms with Gasteiger partial charge in [0.05, 0.1) is 0 Å². The first-order valence-electron chi connectivity index (χ1n) is 5.79. The number of aromatic nitrogens is 1. The van der Waals surface area contributed by atoms with Gasteiger partial charge < -0.3 is 11.1 Å². The summed E-state index contributed by atoms with van der Waals surface area (Å²) in [6.45, 7) is 0. The molecule has 1 heterocycles. The fourth-order valence-corrected chi connectivity index (χ4v) is 2.02. The fourth-order valence-electron chi connectivity index (χ4n) is 2.02. The summed E-state index contributed by atoms with van der Waals surface area (Å²) < 4.78 is 0. The third-order valence-electron chi connectivity index (χ3n) is 2.92. The average molecular weight is 235 g/mol. The Kier molecular flexibility index (Phi) is 2.57. The van der Waals surface area contributed by atoms with Crippen molar-refractivity contribution in [2.24, 2.45) is 0 Å². The van der Waals surface area contributed by atoms with Gasteiger partial charge in [0.15, 0.2) is 0 Å². The molecule has 0 bridgehead atoms. The van der Waals surface area contributed by atoms with Crippen LogP contribution in [0.3, 0.4) is 0 Å². The van der Waals surface area contributed by atoms with Crippen LogP contribution in [-0.4, -0.2) is 4.98 Å². The van der Waals surface area contributed by atoms with Crippen LogP contribution in [0.4, 0.5) is 17.1 Å². The number of pyridine rings is 1. The number of nitrogen functional groups attached to an aromatic ring is 1. The molecule has 0 spiro atoms. The van der Waals surface area contributed by atoms with Crippen molar-refractivity contribution in [3.8, 4) is 0 Å². The largest absolute Gasteiger partial charge is 0.398 e. The average Bonchev–Trinajstić information content (AvgIpc) is 2.44. The number of anilines is 3. The van der Waals surface area contributed by atoms with Crippen molar-refractivity contribution in [1.29, 1.82) is 0 Å². The molecule has 2 aromatic carbocycles. The third kappa shape index (κ3) is 1.86. The standard InChI is InChI=1S/C15H13N3/c16-14-5-6-15(13-4-2-1-3-12(13)14)18-11-7-9-17-10-8-11/h1-10H,16H2,(H,17,18). The fraction of sp³-hybridized carbons (Fsp3) is 0. The lowest BCUT2D eigenvalue weighted by atomic mass is 10.1. The van der Waals surface area contributed by atoms with Crippen LogP contribution in [0.2, 0.25) is 0 Å². The van der Waals surface area contributed by atoms with E-state index in [1.807, 2.05) is 42.5 Å². The summed E-state index contributed by atoms with van der Waals surface area (Å²) in [6, 6.07) is 15.9. The van der Waals surface area contributed by atoms with Gasteiger partial charge in [-0.3, -0.25) is 4.98 Å². The van der Waals surface area contributed by atoms with E-state index in [1.54, 1.807) is 12.4 Å². The molecular formula is C15H13N3. The lowest BCUT2D eigenvalue weighted by molar-refractivity contribution is 1.33. The van der Waals surface area contributed by atoms with Crippen LogP contribution in [0.5, 0.6) is 0 Å². The molecule has 3 heteroatoms. The van der Waals surface area contributed by atoms with Gasteiger partial charge in [-0.2, -0.15) is 0 Å². The number of nitrogens with zero attached hydrogens (tertiary/aromatic N) is 1. The second-order valence-corrected chi connectivity index (χ2v) is 4.11. The molecule has 0 fully saturated rings. The van der Waals surface area contributed by atoms with Crippen LogP contribution >= 0.6 is 0 Å². The van der Waals surface area contributed by atoms with E-state index in [-0.39, 0.29) is 0 Å². The smallest absolute Gasteiger partial charge is 0.0465 e. The SMILES string of the molecule is Nc1ccc(Nc2ccncc2)c2ccccc12. The number of hydrogen-bond acceptors (Lipinski definition) is 3. The topological polar surface area (TPSA) is 50.9 Å². The van der Waals surface area contributed by atoms with Gasteiger partial charge in [-0.05, 0) is 24.3 Å². The van der Waals surface area contributed by atoms with E-state index >= 15 is 0 Å². The Hall–Kier alpha value is -2.55. The second kappa shape index (κ2) is 4.37. The van der Waals surface area contributed by atoms with E-state index in [0.29, 0.717) is 0 Å². The Morgan fingerprint density at radius 3 is 2.33 bits per heavy atom. The van der Waals surface area contributed by atoms with Gasteiger partial charge >= 0.3 is 0 Å². The normalized spacial score (nSPS) is 10.4. The van der Waals surface area contributed by atoms with Crippen molar-refractivity contribution in [1.82, 2.24) is 4.98 Å². The summed E-state index contributed by atoms with van der Waals surface area (Å²) in [5, 5.41) is 5.56. The molecule has 0 saturated heterocycles. The van der Waals surface area contributed by atoms with E-state index in [9.17, 15) is 0 Å². The lowest BCUT2D eigenvalue weighted by Gasteiger charge is -2.11. The Morgan fingerprint density at radius 1 is 0.833 bits per heavy atom. The van der Waals surface area contributed by atoms with Gasteiger partial charge in [0.1, 0.15) is 0 Å². The van der Waals surface area contributed by atoms with E-state index < -0.39 is 0 Å². The summed E-state index contributed by atoms with van der Waals surface area (Å²) in [6.07, 6.45) is 3.53. The minimum Gasteiger partial charge on any atom is -0.398 e. The Balaban J connectivity index is 2.10. The number of benzene rings is 2. The summed E-state index contributed by atoms with van der Waals surface area (Å²) in [4.78, 5) is 4.00. The quantitative estimate of drug-likeness (QED) is 0.668. The number of nitrogens with one attached hydrogen (secondary N) is 1. The summed E-state index contributed by atoms with van der Waals surface area (Å²) in [5.41, 5.74) is 8.84. The second-order valence-electron chi connectivity index (χ2n) is 4.11. The highest BCUT2D eigenvalue weighted by Gasteiger charge is 2.03. The molecule has 1 aromatic heterocycles. The molecule has 0 saturated carbocycles. The van der Waals surface area contributed by atoms with Crippen molar-refractivity contribution < 1.29 is 0 Å². The molecule has 0 aliphatic rings. The molecule has 18 heavy (non-hydrogen) atoms. The van der Waals surface area contributed by atoms with Gasteiger partial charge in [0, 0.05) is 40.2 Å². The molecule has 0 radical (unpaired) electrons. The molecule has 0 amide bonds. The van der Waals surface area contributed by atoms with Crippen LogP contribution < -0.4 is 11.1 Å². The van der Waals surface area contributed by atoms with Gasteiger partial charge in [0.2, 0.25) is 0 Å². The molecular weight excluding hydrogens is 222 g/mol. The van der Waals surface area contributed by atoms with Crippen molar-refractivity contribution in [3.63, 3.8) is 0 Å². The van der Waals surface area contributed by atoms with Crippen LogP contribution in [-0.2, 0) is 0 Å². The number of nitrogens with two attached hydrogens (primary N) is 1. The first-order valence-corrected chi connectivity index (χ1v) is 5.79. The predicted molar refractivity (Wildman–Crippen MR) is 75.9 cm³/mol. The highest BCUT2D eigenvalue weighted by Crippen LogP contribution is 2.29. The van der Waals surface area contributed by atoms with Crippen LogP contribution in [0.1, 0.15) is 0 Å².